The molecule has 0 aromatic heterocycles. The number of hydrogen-bond acceptors (Lipinski definition) is 4. The van der Waals surface area contributed by atoms with Gasteiger partial charge < -0.3 is 9.47 Å². The summed E-state index contributed by atoms with van der Waals surface area (Å²) in [5.74, 6) is 1.45. The number of benzene rings is 1. The number of carbonyl (C=O) groups excluding carboxylic acids is 1. The van der Waals surface area contributed by atoms with E-state index in [2.05, 4.69) is 4.99 Å². The van der Waals surface area contributed by atoms with Crippen LogP contribution in [0.25, 0.3) is 0 Å². The maximum Gasteiger partial charge on any atom is 0.235 e. The van der Waals surface area contributed by atoms with Crippen molar-refractivity contribution < 1.29 is 14.3 Å². The first kappa shape index (κ1) is 12.3. The third-order valence-electron chi connectivity index (χ3n) is 2.50. The van der Waals surface area contributed by atoms with Crippen LogP contribution in [-0.4, -0.2) is 20.3 Å². The van der Waals surface area contributed by atoms with Crippen LogP contribution in [0, 0.1) is 6.92 Å². The molecular weight excluding hydrogens is 206 g/mol. The molecule has 0 amide bonds. The fourth-order valence-corrected chi connectivity index (χ4v) is 1.50. The number of methoxy groups -OCH3 is 2. The minimum Gasteiger partial charge on any atom is -0.496 e. The van der Waals surface area contributed by atoms with Crippen molar-refractivity contribution in [1.82, 2.24) is 0 Å². The lowest BCUT2D eigenvalue weighted by atomic mass is 10.0. The second-order valence-electron chi connectivity index (χ2n) is 3.45. The summed E-state index contributed by atoms with van der Waals surface area (Å²) in [7, 11) is 3.19. The third-order valence-corrected chi connectivity index (χ3v) is 2.50. The molecule has 0 saturated heterocycles. The number of nitrogens with zero attached hydrogens (tertiary/aromatic N) is 1. The van der Waals surface area contributed by atoms with Crippen LogP contribution in [0.15, 0.2) is 17.1 Å². The first-order chi connectivity index (χ1) is 7.63. The van der Waals surface area contributed by atoms with E-state index < -0.39 is 0 Å². The summed E-state index contributed by atoms with van der Waals surface area (Å²) in [5.41, 5.74) is 1.79. The summed E-state index contributed by atoms with van der Waals surface area (Å²) in [4.78, 5) is 13.9. The second-order valence-corrected chi connectivity index (χ2v) is 3.45. The van der Waals surface area contributed by atoms with Crippen LogP contribution in [0.4, 0.5) is 0 Å². The van der Waals surface area contributed by atoms with Gasteiger partial charge in [0.1, 0.15) is 11.5 Å². The van der Waals surface area contributed by atoms with Crippen molar-refractivity contribution in [3.05, 3.63) is 23.3 Å². The molecule has 0 N–H and O–H groups in total. The quantitative estimate of drug-likeness (QED) is 0.579. The van der Waals surface area contributed by atoms with Gasteiger partial charge in [-0.3, -0.25) is 0 Å². The highest BCUT2D eigenvalue weighted by Gasteiger charge is 2.12. The van der Waals surface area contributed by atoms with Gasteiger partial charge in [0, 0.05) is 5.56 Å². The molecule has 0 fully saturated rings. The Bertz CT molecular complexity index is 397. The van der Waals surface area contributed by atoms with Crippen molar-refractivity contribution in [2.75, 3.05) is 14.2 Å². The number of hydrogen-bond donors (Lipinski definition) is 0. The average molecular weight is 221 g/mol. The van der Waals surface area contributed by atoms with Gasteiger partial charge in [-0.2, -0.15) is 4.99 Å². The van der Waals surface area contributed by atoms with E-state index in [4.69, 9.17) is 9.47 Å². The lowest BCUT2D eigenvalue weighted by molar-refractivity contribution is 0.387. The standard InChI is InChI=1S/C12H15NO3/c1-8-11(15-3)5-10(6-12(8)16-4)9(2)13-7-14/h5-6,9H,1-4H3. The van der Waals surface area contributed by atoms with Crippen molar-refractivity contribution in [2.45, 2.75) is 19.9 Å². The number of rotatable bonds is 4. The maximum atomic E-state index is 10.2. The van der Waals surface area contributed by atoms with E-state index in [1.54, 1.807) is 20.3 Å². The van der Waals surface area contributed by atoms with E-state index in [0.29, 0.717) is 0 Å². The highest BCUT2D eigenvalue weighted by molar-refractivity contribution is 5.48. The lowest BCUT2D eigenvalue weighted by Crippen LogP contribution is -1.97. The van der Waals surface area contributed by atoms with Gasteiger partial charge in [-0.25, -0.2) is 4.79 Å². The zero-order chi connectivity index (χ0) is 12.1. The van der Waals surface area contributed by atoms with Crippen molar-refractivity contribution in [3.63, 3.8) is 0 Å². The van der Waals surface area contributed by atoms with Gasteiger partial charge in [0.25, 0.3) is 0 Å². The molecule has 0 aliphatic heterocycles. The normalized spacial score (nSPS) is 11.5. The predicted molar refractivity (Wildman–Crippen MR) is 60.8 cm³/mol. The first-order valence-electron chi connectivity index (χ1n) is 4.93. The van der Waals surface area contributed by atoms with Crippen LogP contribution in [0.1, 0.15) is 24.1 Å². The Morgan fingerprint density at radius 2 is 1.75 bits per heavy atom. The summed E-state index contributed by atoms with van der Waals surface area (Å²) in [5, 5.41) is 0. The van der Waals surface area contributed by atoms with Gasteiger partial charge in [0.05, 0.1) is 20.3 Å². The fourth-order valence-electron chi connectivity index (χ4n) is 1.50. The minimum absolute atomic E-state index is 0.249. The monoisotopic (exact) mass is 221 g/mol. The van der Waals surface area contributed by atoms with E-state index in [0.717, 1.165) is 22.6 Å². The van der Waals surface area contributed by atoms with Crippen LogP contribution < -0.4 is 9.47 Å². The molecule has 1 rings (SSSR count). The van der Waals surface area contributed by atoms with Gasteiger partial charge in [-0.05, 0) is 31.5 Å². The minimum atomic E-state index is -0.249. The Morgan fingerprint density at radius 3 is 2.12 bits per heavy atom. The molecule has 16 heavy (non-hydrogen) atoms. The molecule has 4 heteroatoms. The summed E-state index contributed by atoms with van der Waals surface area (Å²) in [6.45, 7) is 3.73. The molecule has 0 radical (unpaired) electrons. The van der Waals surface area contributed by atoms with Gasteiger partial charge in [-0.1, -0.05) is 0 Å². The Balaban J connectivity index is 3.26. The average Bonchev–Trinajstić information content (AvgIpc) is 2.29. The molecule has 1 unspecified atom stereocenters. The van der Waals surface area contributed by atoms with E-state index >= 15 is 0 Å². The Labute approximate surface area is 94.9 Å². The topological polar surface area (TPSA) is 47.9 Å². The number of isocyanates is 1. The van der Waals surface area contributed by atoms with E-state index in [1.165, 1.54) is 0 Å². The zero-order valence-corrected chi connectivity index (χ0v) is 9.90. The van der Waals surface area contributed by atoms with Crippen molar-refractivity contribution in [1.29, 1.82) is 0 Å². The lowest BCUT2D eigenvalue weighted by Gasteiger charge is -2.13. The summed E-state index contributed by atoms with van der Waals surface area (Å²) in [6.07, 6.45) is 1.55. The van der Waals surface area contributed by atoms with Crippen LogP contribution in [0.3, 0.4) is 0 Å². The van der Waals surface area contributed by atoms with Gasteiger partial charge >= 0.3 is 0 Å². The van der Waals surface area contributed by atoms with Crippen molar-refractivity contribution >= 4 is 6.08 Å². The molecular formula is C12H15NO3. The SMILES string of the molecule is COc1cc(C(C)N=C=O)cc(OC)c1C. The van der Waals surface area contributed by atoms with E-state index in [-0.39, 0.29) is 6.04 Å². The fraction of sp³-hybridized carbons (Fsp3) is 0.417. The largest absolute Gasteiger partial charge is 0.496 e. The van der Waals surface area contributed by atoms with Gasteiger partial charge in [0.2, 0.25) is 6.08 Å². The van der Waals surface area contributed by atoms with Crippen LogP contribution in [-0.2, 0) is 4.79 Å². The molecule has 0 heterocycles. The molecule has 0 spiro atoms. The molecule has 86 valence electrons. The summed E-state index contributed by atoms with van der Waals surface area (Å²) < 4.78 is 10.5. The molecule has 0 bridgehead atoms. The Hall–Kier alpha value is -1.80. The van der Waals surface area contributed by atoms with Crippen LogP contribution in [0.2, 0.25) is 0 Å². The van der Waals surface area contributed by atoms with Crippen molar-refractivity contribution in [2.24, 2.45) is 4.99 Å². The van der Waals surface area contributed by atoms with E-state index in [1.807, 2.05) is 26.0 Å². The Kier molecular flexibility index (Phi) is 4.09. The maximum absolute atomic E-state index is 10.2. The first-order valence-corrected chi connectivity index (χ1v) is 4.93. The summed E-state index contributed by atoms with van der Waals surface area (Å²) >= 11 is 0. The summed E-state index contributed by atoms with van der Waals surface area (Å²) in [6, 6.07) is 3.45. The van der Waals surface area contributed by atoms with E-state index in [9.17, 15) is 4.79 Å². The molecule has 1 aromatic rings. The highest BCUT2D eigenvalue weighted by atomic mass is 16.5. The molecule has 0 aliphatic carbocycles. The van der Waals surface area contributed by atoms with Crippen molar-refractivity contribution in [3.8, 4) is 11.5 Å². The smallest absolute Gasteiger partial charge is 0.235 e. The van der Waals surface area contributed by atoms with Gasteiger partial charge in [0.15, 0.2) is 0 Å². The molecule has 1 aromatic carbocycles. The second kappa shape index (κ2) is 5.33. The number of aliphatic imine (C=N–C) groups is 1. The highest BCUT2D eigenvalue weighted by Crippen LogP contribution is 2.32. The predicted octanol–water partition coefficient (Wildman–Crippen LogP) is 2.41. The zero-order valence-electron chi connectivity index (χ0n) is 9.90. The van der Waals surface area contributed by atoms with Gasteiger partial charge in [-0.15, -0.1) is 0 Å². The molecule has 1 atom stereocenters. The molecule has 0 saturated carbocycles. The third kappa shape index (κ3) is 2.41. The van der Waals surface area contributed by atoms with Crippen LogP contribution in [0.5, 0.6) is 11.5 Å². The molecule has 4 nitrogen and oxygen atoms in total. The number of ether oxygens (including phenoxy) is 2. The Morgan fingerprint density at radius 1 is 1.25 bits per heavy atom. The van der Waals surface area contributed by atoms with Crippen LogP contribution >= 0.6 is 0 Å². The molecule has 0 aliphatic rings.